The number of hydrogen-bond acceptors (Lipinski definition) is 3. The molecule has 0 aromatic carbocycles. The van der Waals surface area contributed by atoms with Gasteiger partial charge in [0.25, 0.3) is 0 Å². The summed E-state index contributed by atoms with van der Waals surface area (Å²) < 4.78 is 0. The van der Waals surface area contributed by atoms with Crippen molar-refractivity contribution < 1.29 is 0 Å². The summed E-state index contributed by atoms with van der Waals surface area (Å²) >= 11 is 8.13. The Kier molecular flexibility index (Phi) is 2.83. The molecule has 0 N–H and O–H groups in total. The van der Waals surface area contributed by atoms with E-state index in [1.165, 1.54) is 23.3 Å². The predicted molar refractivity (Wildman–Crippen MR) is 73.0 cm³/mol. The van der Waals surface area contributed by atoms with Crippen LogP contribution in [0.4, 0.5) is 0 Å². The minimum atomic E-state index is 0.565. The minimum absolute atomic E-state index is 0.565. The van der Waals surface area contributed by atoms with Gasteiger partial charge in [-0.1, -0.05) is 25.4 Å². The summed E-state index contributed by atoms with van der Waals surface area (Å²) in [5, 5.41) is 1.78. The van der Waals surface area contributed by atoms with Crippen molar-refractivity contribution in [1.29, 1.82) is 0 Å². The molecule has 0 spiro atoms. The maximum absolute atomic E-state index is 6.33. The van der Waals surface area contributed by atoms with Crippen LogP contribution in [0.3, 0.4) is 0 Å². The topological polar surface area (TPSA) is 25.8 Å². The zero-order valence-corrected chi connectivity index (χ0v) is 11.7. The van der Waals surface area contributed by atoms with Crippen molar-refractivity contribution >= 4 is 33.2 Å². The smallest absolute Gasteiger partial charge is 0.141 e. The van der Waals surface area contributed by atoms with Crippen LogP contribution in [0.15, 0.2) is 0 Å². The van der Waals surface area contributed by atoms with Crippen molar-refractivity contribution in [3.63, 3.8) is 0 Å². The van der Waals surface area contributed by atoms with Gasteiger partial charge in [0.15, 0.2) is 0 Å². The molecule has 0 aliphatic heterocycles. The lowest BCUT2D eigenvalue weighted by atomic mass is 10.1. The van der Waals surface area contributed by atoms with Crippen LogP contribution in [-0.2, 0) is 19.3 Å². The Morgan fingerprint density at radius 2 is 2.12 bits per heavy atom. The molecular weight excluding hydrogens is 252 g/mol. The highest BCUT2D eigenvalue weighted by atomic mass is 35.5. The summed E-state index contributed by atoms with van der Waals surface area (Å²) in [6.07, 6.45) is 4.48. The molecule has 17 heavy (non-hydrogen) atoms. The molecule has 90 valence electrons. The van der Waals surface area contributed by atoms with Gasteiger partial charge in [-0.25, -0.2) is 9.97 Å². The van der Waals surface area contributed by atoms with Gasteiger partial charge in [-0.15, -0.1) is 11.3 Å². The maximum Gasteiger partial charge on any atom is 0.141 e. The quantitative estimate of drug-likeness (QED) is 0.767. The van der Waals surface area contributed by atoms with E-state index in [9.17, 15) is 0 Å². The highest BCUT2D eigenvalue weighted by molar-refractivity contribution is 7.19. The first-order valence-electron chi connectivity index (χ1n) is 6.12. The Morgan fingerprint density at radius 1 is 1.29 bits per heavy atom. The van der Waals surface area contributed by atoms with Crippen molar-refractivity contribution in [2.24, 2.45) is 5.92 Å². The summed E-state index contributed by atoms with van der Waals surface area (Å²) in [5.41, 5.74) is 1.41. The summed E-state index contributed by atoms with van der Waals surface area (Å²) in [5.74, 6) is 1.45. The molecule has 0 bridgehead atoms. The molecule has 0 fully saturated rings. The molecule has 4 heteroatoms. The number of halogens is 1. The van der Waals surface area contributed by atoms with Crippen LogP contribution in [0.1, 0.15) is 36.5 Å². The lowest BCUT2D eigenvalue weighted by Gasteiger charge is -2.04. The van der Waals surface area contributed by atoms with Crippen LogP contribution in [0.5, 0.6) is 0 Å². The Bertz CT molecular complexity index is 574. The van der Waals surface area contributed by atoms with Gasteiger partial charge in [-0.3, -0.25) is 0 Å². The van der Waals surface area contributed by atoms with E-state index >= 15 is 0 Å². The van der Waals surface area contributed by atoms with E-state index in [1.807, 2.05) is 0 Å². The van der Waals surface area contributed by atoms with Crippen molar-refractivity contribution in [1.82, 2.24) is 9.97 Å². The lowest BCUT2D eigenvalue weighted by Crippen LogP contribution is -2.01. The Balaban J connectivity index is 2.15. The standard InChI is InChI=1S/C13H15ClN2S/c1-7(2)6-10-15-12(14)11-8-4-3-5-9(8)17-13(11)16-10/h7H,3-6H2,1-2H3. The first-order valence-corrected chi connectivity index (χ1v) is 7.31. The fraction of sp³-hybridized carbons (Fsp3) is 0.538. The van der Waals surface area contributed by atoms with Crippen LogP contribution in [0, 0.1) is 5.92 Å². The van der Waals surface area contributed by atoms with Gasteiger partial charge in [0.1, 0.15) is 15.8 Å². The second-order valence-corrected chi connectivity index (χ2v) is 6.51. The third-order valence-corrected chi connectivity index (χ3v) is 4.62. The lowest BCUT2D eigenvalue weighted by molar-refractivity contribution is 0.623. The van der Waals surface area contributed by atoms with Crippen molar-refractivity contribution in [2.45, 2.75) is 39.5 Å². The van der Waals surface area contributed by atoms with Crippen molar-refractivity contribution in [2.75, 3.05) is 0 Å². The van der Waals surface area contributed by atoms with Gasteiger partial charge in [-0.2, -0.15) is 0 Å². The fourth-order valence-corrected chi connectivity index (χ4v) is 4.09. The zero-order valence-electron chi connectivity index (χ0n) is 10.1. The van der Waals surface area contributed by atoms with Gasteiger partial charge in [-0.05, 0) is 30.7 Å². The highest BCUT2D eigenvalue weighted by Gasteiger charge is 2.21. The molecule has 1 aliphatic carbocycles. The summed E-state index contributed by atoms with van der Waals surface area (Å²) in [7, 11) is 0. The number of aryl methyl sites for hydroxylation is 2. The molecule has 1 aliphatic rings. The number of fused-ring (bicyclic) bond motifs is 3. The SMILES string of the molecule is CC(C)Cc1nc(Cl)c2c3c(sc2n1)CCC3. The molecule has 0 saturated carbocycles. The monoisotopic (exact) mass is 266 g/mol. The van der Waals surface area contributed by atoms with Crippen molar-refractivity contribution in [3.8, 4) is 0 Å². The molecule has 2 nitrogen and oxygen atoms in total. The predicted octanol–water partition coefficient (Wildman–Crippen LogP) is 4.03. The summed E-state index contributed by atoms with van der Waals surface area (Å²) in [4.78, 5) is 11.7. The van der Waals surface area contributed by atoms with E-state index in [-0.39, 0.29) is 0 Å². The van der Waals surface area contributed by atoms with Gasteiger partial charge < -0.3 is 0 Å². The maximum atomic E-state index is 6.33. The Morgan fingerprint density at radius 3 is 2.88 bits per heavy atom. The van der Waals surface area contributed by atoms with E-state index in [4.69, 9.17) is 11.6 Å². The third kappa shape index (κ3) is 1.95. The van der Waals surface area contributed by atoms with Gasteiger partial charge >= 0.3 is 0 Å². The molecule has 2 aromatic rings. The number of rotatable bonds is 2. The number of nitrogens with zero attached hydrogens (tertiary/aromatic N) is 2. The Hall–Kier alpha value is -0.670. The van der Waals surface area contributed by atoms with Crippen molar-refractivity contribution in [3.05, 3.63) is 21.4 Å². The van der Waals surface area contributed by atoms with Crippen LogP contribution >= 0.6 is 22.9 Å². The molecule has 0 saturated heterocycles. The van der Waals surface area contributed by atoms with Crippen LogP contribution in [0.2, 0.25) is 5.15 Å². The molecule has 2 heterocycles. The minimum Gasteiger partial charge on any atom is -0.222 e. The Labute approximate surface area is 110 Å². The first kappa shape index (κ1) is 11.4. The van der Waals surface area contributed by atoms with E-state index in [0.29, 0.717) is 11.1 Å². The second-order valence-electron chi connectivity index (χ2n) is 5.07. The zero-order chi connectivity index (χ0) is 12.0. The molecule has 3 rings (SSSR count). The average molecular weight is 267 g/mol. The van der Waals surface area contributed by atoms with E-state index in [1.54, 1.807) is 11.3 Å². The molecule has 0 radical (unpaired) electrons. The van der Waals surface area contributed by atoms with E-state index < -0.39 is 0 Å². The second kappa shape index (κ2) is 4.21. The third-order valence-electron chi connectivity index (χ3n) is 3.16. The summed E-state index contributed by atoms with van der Waals surface area (Å²) in [6.45, 7) is 4.35. The molecule has 2 aromatic heterocycles. The molecular formula is C13H15ClN2S. The largest absolute Gasteiger partial charge is 0.222 e. The fourth-order valence-electron chi connectivity index (χ4n) is 2.45. The van der Waals surface area contributed by atoms with Crippen LogP contribution < -0.4 is 0 Å². The molecule has 0 amide bonds. The van der Waals surface area contributed by atoms with Crippen LogP contribution in [-0.4, -0.2) is 9.97 Å². The van der Waals surface area contributed by atoms with Gasteiger partial charge in [0.05, 0.1) is 5.39 Å². The first-order chi connectivity index (χ1) is 8.15. The van der Waals surface area contributed by atoms with Gasteiger partial charge in [0.2, 0.25) is 0 Å². The summed E-state index contributed by atoms with van der Waals surface area (Å²) in [6, 6.07) is 0. The number of thiophene rings is 1. The number of hydrogen-bond donors (Lipinski definition) is 0. The number of aromatic nitrogens is 2. The average Bonchev–Trinajstić information content (AvgIpc) is 2.74. The van der Waals surface area contributed by atoms with E-state index in [2.05, 4.69) is 23.8 Å². The van der Waals surface area contributed by atoms with E-state index in [0.717, 1.165) is 28.9 Å². The molecule has 0 atom stereocenters. The van der Waals surface area contributed by atoms with Gasteiger partial charge in [0, 0.05) is 11.3 Å². The van der Waals surface area contributed by atoms with Crippen LogP contribution in [0.25, 0.3) is 10.2 Å². The highest BCUT2D eigenvalue weighted by Crippen LogP contribution is 2.39. The molecule has 0 unspecified atom stereocenters. The normalized spacial score (nSPS) is 14.8.